The minimum atomic E-state index is 0.292. The van der Waals surface area contributed by atoms with Gasteiger partial charge in [0.15, 0.2) is 0 Å². The van der Waals surface area contributed by atoms with E-state index in [1.807, 2.05) is 13.1 Å². The molecule has 0 aliphatic carbocycles. The summed E-state index contributed by atoms with van der Waals surface area (Å²) in [6.45, 7) is 7.13. The molecule has 0 saturated carbocycles. The van der Waals surface area contributed by atoms with Gasteiger partial charge in [0.05, 0.1) is 12.8 Å². The molecule has 17 heavy (non-hydrogen) atoms. The van der Waals surface area contributed by atoms with Gasteiger partial charge in [-0.2, -0.15) is 0 Å². The van der Waals surface area contributed by atoms with Gasteiger partial charge in [0.1, 0.15) is 5.75 Å². The van der Waals surface area contributed by atoms with Gasteiger partial charge in [-0.3, -0.25) is 9.88 Å². The standard InChI is InChI=1S/C13H20N2O2/c1-9-4-14-12(10(2)13(9)17-3)7-15-5-11(6-15)8-16/h4,11,16H,5-8H2,1-3H3. The number of methoxy groups -OCH3 is 1. The molecular weight excluding hydrogens is 216 g/mol. The Hall–Kier alpha value is -1.13. The largest absolute Gasteiger partial charge is 0.496 e. The molecule has 0 spiro atoms. The van der Waals surface area contributed by atoms with Gasteiger partial charge in [-0.1, -0.05) is 0 Å². The Morgan fingerprint density at radius 3 is 2.76 bits per heavy atom. The van der Waals surface area contributed by atoms with Crippen molar-refractivity contribution in [3.63, 3.8) is 0 Å². The topological polar surface area (TPSA) is 45.6 Å². The third-order valence-electron chi connectivity index (χ3n) is 3.41. The van der Waals surface area contributed by atoms with Crippen LogP contribution in [0.4, 0.5) is 0 Å². The van der Waals surface area contributed by atoms with Gasteiger partial charge in [-0.25, -0.2) is 0 Å². The molecule has 1 fully saturated rings. The summed E-state index contributed by atoms with van der Waals surface area (Å²) in [5.74, 6) is 1.39. The number of rotatable bonds is 4. The number of pyridine rings is 1. The average Bonchev–Trinajstić information content (AvgIpc) is 2.26. The maximum atomic E-state index is 8.98. The number of aromatic nitrogens is 1. The minimum Gasteiger partial charge on any atom is -0.496 e. The van der Waals surface area contributed by atoms with Gasteiger partial charge in [-0.15, -0.1) is 0 Å². The Labute approximate surface area is 102 Å². The first kappa shape index (κ1) is 12.3. The van der Waals surface area contributed by atoms with Crippen molar-refractivity contribution in [2.45, 2.75) is 20.4 Å². The predicted molar refractivity (Wildman–Crippen MR) is 66.1 cm³/mol. The van der Waals surface area contributed by atoms with E-state index in [1.54, 1.807) is 7.11 Å². The summed E-state index contributed by atoms with van der Waals surface area (Å²) in [6, 6.07) is 0. The van der Waals surface area contributed by atoms with E-state index in [4.69, 9.17) is 9.84 Å². The van der Waals surface area contributed by atoms with Crippen LogP contribution in [0.25, 0.3) is 0 Å². The number of aliphatic hydroxyl groups excluding tert-OH is 1. The number of aliphatic hydroxyl groups is 1. The molecule has 2 heterocycles. The number of aryl methyl sites for hydroxylation is 1. The summed E-state index contributed by atoms with van der Waals surface area (Å²) in [4.78, 5) is 6.77. The van der Waals surface area contributed by atoms with E-state index < -0.39 is 0 Å². The van der Waals surface area contributed by atoms with Crippen LogP contribution in [0.5, 0.6) is 5.75 Å². The zero-order chi connectivity index (χ0) is 12.4. The maximum Gasteiger partial charge on any atom is 0.128 e. The molecule has 1 aliphatic heterocycles. The fraction of sp³-hybridized carbons (Fsp3) is 0.615. The Morgan fingerprint density at radius 2 is 2.18 bits per heavy atom. The first-order valence-electron chi connectivity index (χ1n) is 5.98. The summed E-state index contributed by atoms with van der Waals surface area (Å²) in [7, 11) is 1.70. The summed E-state index contributed by atoms with van der Waals surface area (Å²) in [6.07, 6.45) is 1.87. The van der Waals surface area contributed by atoms with Gasteiger partial charge in [0.2, 0.25) is 0 Å². The van der Waals surface area contributed by atoms with E-state index in [0.717, 1.165) is 42.2 Å². The minimum absolute atomic E-state index is 0.292. The molecule has 4 heteroatoms. The Bertz CT molecular complexity index is 401. The highest BCUT2D eigenvalue weighted by molar-refractivity contribution is 5.41. The number of likely N-dealkylation sites (tertiary alicyclic amines) is 1. The smallest absolute Gasteiger partial charge is 0.128 e. The Balaban J connectivity index is 2.07. The maximum absolute atomic E-state index is 8.98. The van der Waals surface area contributed by atoms with Crippen molar-refractivity contribution in [2.75, 3.05) is 26.8 Å². The van der Waals surface area contributed by atoms with Gasteiger partial charge in [0, 0.05) is 49.5 Å². The highest BCUT2D eigenvalue weighted by Gasteiger charge is 2.26. The fourth-order valence-electron chi connectivity index (χ4n) is 2.36. The molecule has 0 amide bonds. The summed E-state index contributed by atoms with van der Waals surface area (Å²) >= 11 is 0. The number of ether oxygens (including phenoxy) is 1. The molecular formula is C13H20N2O2. The summed E-state index contributed by atoms with van der Waals surface area (Å²) in [5.41, 5.74) is 3.27. The SMILES string of the molecule is COc1c(C)cnc(CN2CC(CO)C2)c1C. The molecule has 1 aromatic heterocycles. The van der Waals surface area contributed by atoms with E-state index in [0.29, 0.717) is 12.5 Å². The molecule has 94 valence electrons. The molecule has 0 atom stereocenters. The van der Waals surface area contributed by atoms with Crippen molar-refractivity contribution in [1.29, 1.82) is 0 Å². The molecule has 1 aromatic rings. The molecule has 0 unspecified atom stereocenters. The lowest BCUT2D eigenvalue weighted by atomic mass is 10.0. The van der Waals surface area contributed by atoms with Crippen molar-refractivity contribution in [3.05, 3.63) is 23.0 Å². The first-order chi connectivity index (χ1) is 8.15. The molecule has 0 aromatic carbocycles. The molecule has 1 saturated heterocycles. The molecule has 0 radical (unpaired) electrons. The highest BCUT2D eigenvalue weighted by Crippen LogP contribution is 2.26. The van der Waals surface area contributed by atoms with Crippen LogP contribution >= 0.6 is 0 Å². The number of hydrogen-bond donors (Lipinski definition) is 1. The monoisotopic (exact) mass is 236 g/mol. The molecule has 0 bridgehead atoms. The van der Waals surface area contributed by atoms with E-state index in [9.17, 15) is 0 Å². The van der Waals surface area contributed by atoms with Crippen LogP contribution < -0.4 is 4.74 Å². The fourth-order valence-corrected chi connectivity index (χ4v) is 2.36. The quantitative estimate of drug-likeness (QED) is 0.851. The Kier molecular flexibility index (Phi) is 3.64. The zero-order valence-corrected chi connectivity index (χ0v) is 10.7. The van der Waals surface area contributed by atoms with Crippen molar-refractivity contribution < 1.29 is 9.84 Å². The van der Waals surface area contributed by atoms with Crippen molar-refractivity contribution in [3.8, 4) is 5.75 Å². The van der Waals surface area contributed by atoms with Gasteiger partial charge < -0.3 is 9.84 Å². The second-order valence-electron chi connectivity index (χ2n) is 4.79. The third-order valence-corrected chi connectivity index (χ3v) is 3.41. The van der Waals surface area contributed by atoms with Crippen LogP contribution in [0.1, 0.15) is 16.8 Å². The molecule has 2 rings (SSSR count). The molecule has 1 N–H and O–H groups in total. The summed E-state index contributed by atoms with van der Waals surface area (Å²) < 4.78 is 5.39. The van der Waals surface area contributed by atoms with Crippen molar-refractivity contribution in [1.82, 2.24) is 9.88 Å². The van der Waals surface area contributed by atoms with Crippen LogP contribution in [0.15, 0.2) is 6.20 Å². The van der Waals surface area contributed by atoms with Crippen LogP contribution in [-0.2, 0) is 6.54 Å². The van der Waals surface area contributed by atoms with Gasteiger partial charge in [-0.05, 0) is 13.8 Å². The van der Waals surface area contributed by atoms with Crippen LogP contribution in [0, 0.1) is 19.8 Å². The van der Waals surface area contributed by atoms with Crippen LogP contribution in [-0.4, -0.2) is 41.8 Å². The van der Waals surface area contributed by atoms with Crippen LogP contribution in [0.2, 0.25) is 0 Å². The number of nitrogens with zero attached hydrogens (tertiary/aromatic N) is 2. The van der Waals surface area contributed by atoms with Crippen molar-refractivity contribution >= 4 is 0 Å². The van der Waals surface area contributed by atoms with E-state index in [-0.39, 0.29) is 0 Å². The normalized spacial score (nSPS) is 16.9. The predicted octanol–water partition coefficient (Wildman–Crippen LogP) is 1.13. The van der Waals surface area contributed by atoms with Gasteiger partial charge in [0.25, 0.3) is 0 Å². The lowest BCUT2D eigenvalue weighted by molar-refractivity contribution is 0.0468. The van der Waals surface area contributed by atoms with E-state index in [1.165, 1.54) is 0 Å². The van der Waals surface area contributed by atoms with E-state index in [2.05, 4.69) is 16.8 Å². The van der Waals surface area contributed by atoms with Crippen LogP contribution in [0.3, 0.4) is 0 Å². The summed E-state index contributed by atoms with van der Waals surface area (Å²) in [5, 5.41) is 8.98. The third kappa shape index (κ3) is 2.42. The highest BCUT2D eigenvalue weighted by atomic mass is 16.5. The lowest BCUT2D eigenvalue weighted by Gasteiger charge is -2.38. The second-order valence-corrected chi connectivity index (χ2v) is 4.79. The first-order valence-corrected chi connectivity index (χ1v) is 5.98. The Morgan fingerprint density at radius 1 is 1.47 bits per heavy atom. The number of hydrogen-bond acceptors (Lipinski definition) is 4. The molecule has 1 aliphatic rings. The van der Waals surface area contributed by atoms with Gasteiger partial charge >= 0.3 is 0 Å². The zero-order valence-electron chi connectivity index (χ0n) is 10.7. The lowest BCUT2D eigenvalue weighted by Crippen LogP contribution is -2.47. The average molecular weight is 236 g/mol. The van der Waals surface area contributed by atoms with Crippen molar-refractivity contribution in [2.24, 2.45) is 5.92 Å². The second kappa shape index (κ2) is 5.02. The van der Waals surface area contributed by atoms with E-state index >= 15 is 0 Å². The molecule has 4 nitrogen and oxygen atoms in total.